The van der Waals surface area contributed by atoms with Gasteiger partial charge >= 0.3 is 0 Å². The molecule has 0 aliphatic heterocycles. The lowest BCUT2D eigenvalue weighted by atomic mass is 9.85. The molecule has 212 valence electrons. The van der Waals surface area contributed by atoms with Crippen LogP contribution in [0.15, 0.2) is 78.4 Å². The van der Waals surface area contributed by atoms with Crippen molar-refractivity contribution in [3.05, 3.63) is 112 Å². The van der Waals surface area contributed by atoms with Gasteiger partial charge in [-0.05, 0) is 92.9 Å². The van der Waals surface area contributed by atoms with Crippen LogP contribution in [0.5, 0.6) is 0 Å². The van der Waals surface area contributed by atoms with Crippen molar-refractivity contribution in [2.75, 3.05) is 0 Å². The van der Waals surface area contributed by atoms with E-state index in [0.717, 1.165) is 38.5 Å². The molecule has 0 amide bonds. The predicted molar refractivity (Wildman–Crippen MR) is 181 cm³/mol. The van der Waals surface area contributed by atoms with Crippen molar-refractivity contribution in [2.45, 2.75) is 106 Å². The summed E-state index contributed by atoms with van der Waals surface area (Å²) in [5, 5.41) is 4.75. The van der Waals surface area contributed by atoms with Crippen molar-refractivity contribution >= 4 is 23.6 Å². The zero-order chi connectivity index (χ0) is 29.1. The van der Waals surface area contributed by atoms with Gasteiger partial charge in [0.05, 0.1) is 0 Å². The number of benzene rings is 3. The van der Waals surface area contributed by atoms with Crippen molar-refractivity contribution < 1.29 is 0 Å². The summed E-state index contributed by atoms with van der Waals surface area (Å²) < 4.78 is 0. The molecule has 0 bridgehead atoms. The van der Waals surface area contributed by atoms with Crippen molar-refractivity contribution in [3.63, 3.8) is 0 Å². The topological polar surface area (TPSA) is 0 Å². The first kappa shape index (κ1) is 30.3. The zero-order valence-electron chi connectivity index (χ0n) is 26.7. The van der Waals surface area contributed by atoms with Crippen molar-refractivity contribution in [3.8, 4) is 0 Å². The fourth-order valence-corrected chi connectivity index (χ4v) is 12.8. The molecule has 0 nitrogen and oxygen atoms in total. The lowest BCUT2D eigenvalue weighted by Gasteiger charge is -2.43. The summed E-state index contributed by atoms with van der Waals surface area (Å²) in [6.45, 7) is 21.1. The molecule has 1 atom stereocenters. The molecule has 1 unspecified atom stereocenters. The van der Waals surface area contributed by atoms with Crippen LogP contribution >= 0.6 is 0 Å². The number of allylic oxidation sites excluding steroid dienone is 4. The second kappa shape index (κ2) is 12.5. The van der Waals surface area contributed by atoms with Gasteiger partial charge in [0.1, 0.15) is 0 Å². The normalized spacial score (nSPS) is 15.5. The number of aryl methyl sites for hydroxylation is 6. The van der Waals surface area contributed by atoms with Gasteiger partial charge in [-0.2, -0.15) is 0 Å². The Balaban J connectivity index is 2.27. The zero-order valence-corrected chi connectivity index (χ0v) is 27.7. The van der Waals surface area contributed by atoms with Gasteiger partial charge in [-0.25, -0.2) is 0 Å². The minimum absolute atomic E-state index is 0.0915. The highest BCUT2D eigenvalue weighted by atomic mass is 28.3. The van der Waals surface area contributed by atoms with Gasteiger partial charge in [0, 0.05) is 5.54 Å². The van der Waals surface area contributed by atoms with Crippen LogP contribution in [0.2, 0.25) is 5.54 Å². The molecule has 0 fully saturated rings. The minimum atomic E-state index is -2.60. The van der Waals surface area contributed by atoms with Gasteiger partial charge in [0.25, 0.3) is 0 Å². The highest BCUT2D eigenvalue weighted by Gasteiger charge is 2.50. The molecular formula is C39H52Si. The average Bonchev–Trinajstić information content (AvgIpc) is 3.48. The molecule has 0 saturated carbocycles. The van der Waals surface area contributed by atoms with Crippen LogP contribution < -0.4 is 15.6 Å². The van der Waals surface area contributed by atoms with E-state index in [-0.39, 0.29) is 5.41 Å². The van der Waals surface area contributed by atoms with E-state index in [2.05, 4.69) is 135 Å². The lowest BCUT2D eigenvalue weighted by molar-refractivity contribution is 0.495. The molecule has 3 aromatic rings. The van der Waals surface area contributed by atoms with Gasteiger partial charge in [-0.15, -0.1) is 0 Å². The highest BCUT2D eigenvalue weighted by Crippen LogP contribution is 2.44. The molecule has 1 heteroatoms. The molecule has 0 saturated heterocycles. The van der Waals surface area contributed by atoms with E-state index in [0.29, 0.717) is 5.54 Å². The molecule has 1 aliphatic carbocycles. The van der Waals surface area contributed by atoms with E-state index in [9.17, 15) is 0 Å². The molecule has 0 spiro atoms. The summed E-state index contributed by atoms with van der Waals surface area (Å²) in [6.07, 6.45) is 13.8. The Morgan fingerprint density at radius 1 is 0.500 bits per heavy atom. The van der Waals surface area contributed by atoms with Crippen molar-refractivity contribution in [2.24, 2.45) is 5.41 Å². The largest absolute Gasteiger partial charge is 0.159 e. The van der Waals surface area contributed by atoms with E-state index in [4.69, 9.17) is 0 Å². The fourth-order valence-electron chi connectivity index (χ4n) is 6.81. The number of hydrogen-bond acceptors (Lipinski definition) is 0. The first-order valence-corrected chi connectivity index (χ1v) is 18.0. The summed E-state index contributed by atoms with van der Waals surface area (Å²) in [7, 11) is -2.60. The SMILES string of the molecule is CCc1cc(CC)cc([Si](c2cc(CC)cc(CC)c2)(c2cc(CC)cc(CC)c2)C2C=CC=C2C(C)(C)C)c1. The summed E-state index contributed by atoms with van der Waals surface area (Å²) in [6, 6.07) is 23.0. The molecular weight excluding hydrogens is 497 g/mol. The van der Waals surface area contributed by atoms with Gasteiger partial charge in [0.15, 0.2) is 8.07 Å². The second-order valence-corrected chi connectivity index (χ2v) is 16.7. The molecule has 40 heavy (non-hydrogen) atoms. The van der Waals surface area contributed by atoms with Crippen LogP contribution in [0.1, 0.15) is 95.7 Å². The number of rotatable bonds is 10. The first-order chi connectivity index (χ1) is 19.1. The van der Waals surface area contributed by atoms with Crippen LogP contribution in [-0.4, -0.2) is 8.07 Å². The Kier molecular flexibility index (Phi) is 9.46. The molecule has 4 rings (SSSR count). The molecule has 0 heterocycles. The molecule has 0 aromatic heterocycles. The van der Waals surface area contributed by atoms with Crippen LogP contribution in [0.25, 0.3) is 0 Å². The Morgan fingerprint density at radius 3 is 1.05 bits per heavy atom. The Hall–Kier alpha value is -2.64. The van der Waals surface area contributed by atoms with Crippen LogP contribution in [0.4, 0.5) is 0 Å². The number of hydrogen-bond donors (Lipinski definition) is 0. The summed E-state index contributed by atoms with van der Waals surface area (Å²) in [5.74, 6) is 0. The first-order valence-electron chi connectivity index (χ1n) is 15.9. The van der Waals surface area contributed by atoms with Gasteiger partial charge in [-0.3, -0.25) is 0 Å². The summed E-state index contributed by atoms with van der Waals surface area (Å²) in [5.41, 5.74) is 10.9. The second-order valence-electron chi connectivity index (χ2n) is 12.8. The quantitative estimate of drug-likeness (QED) is 0.176. The van der Waals surface area contributed by atoms with E-state index < -0.39 is 8.07 Å². The van der Waals surface area contributed by atoms with E-state index >= 15 is 0 Å². The maximum atomic E-state index is 2.60. The molecule has 0 radical (unpaired) electrons. The summed E-state index contributed by atoms with van der Waals surface area (Å²) >= 11 is 0. The maximum absolute atomic E-state index is 2.60. The van der Waals surface area contributed by atoms with Crippen LogP contribution in [0, 0.1) is 5.41 Å². The lowest BCUT2D eigenvalue weighted by Crippen LogP contribution is -2.70. The smallest absolute Gasteiger partial charge is 0.0790 e. The molecule has 3 aromatic carbocycles. The monoisotopic (exact) mass is 548 g/mol. The third-order valence-corrected chi connectivity index (χ3v) is 14.3. The Morgan fingerprint density at radius 2 is 0.800 bits per heavy atom. The summed E-state index contributed by atoms with van der Waals surface area (Å²) in [4.78, 5) is 0. The molecule has 1 aliphatic rings. The van der Waals surface area contributed by atoms with E-state index in [1.807, 2.05) is 0 Å². The fraction of sp³-hybridized carbons (Fsp3) is 0.436. The van der Waals surface area contributed by atoms with E-state index in [1.165, 1.54) is 33.4 Å². The van der Waals surface area contributed by atoms with Crippen LogP contribution in [0.3, 0.4) is 0 Å². The predicted octanol–water partition coefficient (Wildman–Crippen LogP) is 8.44. The van der Waals surface area contributed by atoms with Gasteiger partial charge < -0.3 is 0 Å². The Bertz CT molecular complexity index is 1190. The third-order valence-electron chi connectivity index (χ3n) is 9.22. The Labute approximate surface area is 246 Å². The van der Waals surface area contributed by atoms with Crippen molar-refractivity contribution in [1.29, 1.82) is 0 Å². The van der Waals surface area contributed by atoms with E-state index in [1.54, 1.807) is 21.1 Å². The van der Waals surface area contributed by atoms with Gasteiger partial charge in [-0.1, -0.05) is 141 Å². The third kappa shape index (κ3) is 5.73. The van der Waals surface area contributed by atoms with Crippen molar-refractivity contribution in [1.82, 2.24) is 0 Å². The van der Waals surface area contributed by atoms with Crippen LogP contribution in [-0.2, 0) is 38.5 Å². The van der Waals surface area contributed by atoms with Gasteiger partial charge in [0.2, 0.25) is 0 Å². The molecule has 0 N–H and O–H groups in total. The minimum Gasteiger partial charge on any atom is -0.0790 e. The highest BCUT2D eigenvalue weighted by molar-refractivity contribution is 7.13. The maximum Gasteiger partial charge on any atom is 0.159 e. The average molecular weight is 549 g/mol. The standard InChI is InChI=1S/C39H52Si/c1-10-28-19-29(11-2)23-34(22-28)40(38-18-16-17-37(38)39(7,8)9,35-24-30(12-3)20-31(13-4)25-35)36-26-32(14-5)21-33(15-6)27-36/h16-27,38H,10-15H2,1-9H3.